The molecule has 0 heterocycles. The van der Waals surface area contributed by atoms with Gasteiger partial charge in [-0.2, -0.15) is 0 Å². The van der Waals surface area contributed by atoms with Crippen LogP contribution in [0.3, 0.4) is 0 Å². The van der Waals surface area contributed by atoms with Crippen LogP contribution in [0.2, 0.25) is 0 Å². The van der Waals surface area contributed by atoms with Crippen molar-refractivity contribution in [2.24, 2.45) is 5.92 Å². The van der Waals surface area contributed by atoms with Gasteiger partial charge in [0.25, 0.3) is 0 Å². The summed E-state index contributed by atoms with van der Waals surface area (Å²) in [5.41, 5.74) is 2.11. The van der Waals surface area contributed by atoms with Crippen LogP contribution in [0, 0.1) is 5.92 Å². The normalized spacial score (nSPS) is 11.4. The molecule has 2 N–H and O–H groups in total. The van der Waals surface area contributed by atoms with Crippen molar-refractivity contribution in [3.8, 4) is 0 Å². The Bertz CT molecular complexity index is 659. The molecule has 0 bridgehead atoms. The zero-order valence-corrected chi connectivity index (χ0v) is 14.4. The van der Waals surface area contributed by atoms with Crippen molar-refractivity contribution in [2.75, 3.05) is 13.1 Å². The molecule has 0 saturated heterocycles. The molecule has 0 aliphatic heterocycles. The maximum atomic E-state index is 11.9. The molecule has 25 heavy (non-hydrogen) atoms. The van der Waals surface area contributed by atoms with Gasteiger partial charge in [-0.25, -0.2) is 4.79 Å². The number of carbonyl (C=O) groups excluding carboxylic acids is 2. The SMILES string of the molecule is CC(=O)NCC(CNC(=O)OCc1ccccc1)Cc1ccccc1. The van der Waals surface area contributed by atoms with Crippen LogP contribution in [-0.4, -0.2) is 25.1 Å². The highest BCUT2D eigenvalue weighted by Crippen LogP contribution is 2.08. The molecule has 2 amide bonds. The van der Waals surface area contributed by atoms with Gasteiger partial charge in [0.1, 0.15) is 6.61 Å². The molecular weight excluding hydrogens is 316 g/mol. The molecule has 5 heteroatoms. The fraction of sp³-hybridized carbons (Fsp3) is 0.300. The molecule has 0 fully saturated rings. The number of alkyl carbamates (subject to hydrolysis) is 1. The number of hydrogen-bond donors (Lipinski definition) is 2. The van der Waals surface area contributed by atoms with Crippen molar-refractivity contribution in [3.63, 3.8) is 0 Å². The van der Waals surface area contributed by atoms with E-state index in [1.807, 2.05) is 60.7 Å². The Morgan fingerprint density at radius 2 is 1.44 bits per heavy atom. The van der Waals surface area contributed by atoms with Crippen LogP contribution in [0.15, 0.2) is 60.7 Å². The number of amides is 2. The minimum absolute atomic E-state index is 0.0790. The molecule has 2 aromatic carbocycles. The molecule has 0 aliphatic carbocycles. The molecule has 5 nitrogen and oxygen atoms in total. The number of carbonyl (C=O) groups is 2. The Morgan fingerprint density at radius 3 is 2.04 bits per heavy atom. The number of ether oxygens (including phenoxy) is 1. The van der Waals surface area contributed by atoms with E-state index >= 15 is 0 Å². The first kappa shape index (κ1) is 18.5. The van der Waals surface area contributed by atoms with Crippen molar-refractivity contribution >= 4 is 12.0 Å². The van der Waals surface area contributed by atoms with Gasteiger partial charge in [0.15, 0.2) is 0 Å². The zero-order chi connectivity index (χ0) is 17.9. The maximum Gasteiger partial charge on any atom is 0.407 e. The van der Waals surface area contributed by atoms with Crippen molar-refractivity contribution in [1.29, 1.82) is 0 Å². The fourth-order valence-electron chi connectivity index (χ4n) is 2.45. The van der Waals surface area contributed by atoms with Crippen LogP contribution in [0.1, 0.15) is 18.1 Å². The lowest BCUT2D eigenvalue weighted by molar-refractivity contribution is -0.119. The van der Waals surface area contributed by atoms with E-state index in [1.165, 1.54) is 6.92 Å². The smallest absolute Gasteiger partial charge is 0.407 e. The second kappa shape index (κ2) is 10.1. The van der Waals surface area contributed by atoms with Gasteiger partial charge in [-0.1, -0.05) is 60.7 Å². The van der Waals surface area contributed by atoms with E-state index in [0.29, 0.717) is 13.1 Å². The maximum absolute atomic E-state index is 11.9. The van der Waals surface area contributed by atoms with E-state index in [4.69, 9.17) is 4.74 Å². The van der Waals surface area contributed by atoms with E-state index in [0.717, 1.165) is 17.5 Å². The summed E-state index contributed by atoms with van der Waals surface area (Å²) in [6, 6.07) is 19.5. The third kappa shape index (κ3) is 7.52. The molecule has 0 aromatic heterocycles. The fourth-order valence-corrected chi connectivity index (χ4v) is 2.45. The molecular formula is C20H24N2O3. The molecule has 1 atom stereocenters. The van der Waals surface area contributed by atoms with Crippen LogP contribution < -0.4 is 10.6 Å². The Kier molecular flexibility index (Phi) is 7.50. The molecule has 0 saturated carbocycles. The van der Waals surface area contributed by atoms with Gasteiger partial charge in [0, 0.05) is 20.0 Å². The monoisotopic (exact) mass is 340 g/mol. The highest BCUT2D eigenvalue weighted by Gasteiger charge is 2.13. The predicted molar refractivity (Wildman–Crippen MR) is 96.9 cm³/mol. The number of nitrogens with one attached hydrogen (secondary N) is 2. The molecule has 2 aromatic rings. The number of benzene rings is 2. The lowest BCUT2D eigenvalue weighted by Crippen LogP contribution is -2.37. The minimum Gasteiger partial charge on any atom is -0.445 e. The third-order valence-electron chi connectivity index (χ3n) is 3.75. The highest BCUT2D eigenvalue weighted by molar-refractivity contribution is 5.72. The minimum atomic E-state index is -0.454. The van der Waals surface area contributed by atoms with Crippen LogP contribution in [-0.2, 0) is 22.6 Å². The van der Waals surface area contributed by atoms with Gasteiger partial charge in [-0.3, -0.25) is 4.79 Å². The topological polar surface area (TPSA) is 67.4 Å². The quantitative estimate of drug-likeness (QED) is 0.776. The lowest BCUT2D eigenvalue weighted by atomic mass is 9.99. The summed E-state index contributed by atoms with van der Waals surface area (Å²) < 4.78 is 5.22. The van der Waals surface area contributed by atoms with Crippen molar-refractivity contribution in [2.45, 2.75) is 20.0 Å². The Morgan fingerprint density at radius 1 is 0.880 bits per heavy atom. The van der Waals surface area contributed by atoms with Gasteiger partial charge >= 0.3 is 6.09 Å². The van der Waals surface area contributed by atoms with Gasteiger partial charge < -0.3 is 15.4 Å². The first-order valence-electron chi connectivity index (χ1n) is 8.36. The van der Waals surface area contributed by atoms with Crippen LogP contribution >= 0.6 is 0 Å². The van der Waals surface area contributed by atoms with E-state index < -0.39 is 6.09 Å². The summed E-state index contributed by atoms with van der Waals surface area (Å²) in [6.45, 7) is 2.66. The summed E-state index contributed by atoms with van der Waals surface area (Å²) in [4.78, 5) is 23.1. The molecule has 0 radical (unpaired) electrons. The van der Waals surface area contributed by atoms with E-state index in [-0.39, 0.29) is 18.4 Å². The largest absolute Gasteiger partial charge is 0.445 e. The van der Waals surface area contributed by atoms with Crippen molar-refractivity contribution in [3.05, 3.63) is 71.8 Å². The van der Waals surface area contributed by atoms with E-state index in [1.54, 1.807) is 0 Å². The van der Waals surface area contributed by atoms with Gasteiger partial charge in [-0.15, -0.1) is 0 Å². The summed E-state index contributed by atoms with van der Waals surface area (Å²) in [5.74, 6) is 0.0142. The standard InChI is InChI=1S/C20H24N2O3/c1-16(23)21-13-19(12-17-8-4-2-5-9-17)14-22-20(24)25-15-18-10-6-3-7-11-18/h2-11,19H,12-15H2,1H3,(H,21,23)(H,22,24). The average molecular weight is 340 g/mol. The molecule has 0 spiro atoms. The summed E-state index contributed by atoms with van der Waals surface area (Å²) in [6.07, 6.45) is 0.310. The Balaban J connectivity index is 1.81. The first-order chi connectivity index (χ1) is 12.1. The molecule has 0 aliphatic rings. The van der Waals surface area contributed by atoms with E-state index in [9.17, 15) is 9.59 Å². The first-order valence-corrected chi connectivity index (χ1v) is 8.36. The molecule has 1 unspecified atom stereocenters. The third-order valence-corrected chi connectivity index (χ3v) is 3.75. The highest BCUT2D eigenvalue weighted by atomic mass is 16.5. The number of hydrogen-bond acceptors (Lipinski definition) is 3. The van der Waals surface area contributed by atoms with Gasteiger partial charge in [-0.05, 0) is 23.5 Å². The second-order valence-electron chi connectivity index (χ2n) is 5.94. The Labute approximate surface area is 148 Å². The molecule has 132 valence electrons. The van der Waals surface area contributed by atoms with Crippen molar-refractivity contribution in [1.82, 2.24) is 10.6 Å². The Hall–Kier alpha value is -2.82. The predicted octanol–water partition coefficient (Wildman–Crippen LogP) is 2.91. The van der Waals surface area contributed by atoms with Gasteiger partial charge in [0.05, 0.1) is 0 Å². The second-order valence-corrected chi connectivity index (χ2v) is 5.94. The summed E-state index contributed by atoms with van der Waals surface area (Å²) >= 11 is 0. The van der Waals surface area contributed by atoms with Crippen molar-refractivity contribution < 1.29 is 14.3 Å². The lowest BCUT2D eigenvalue weighted by Gasteiger charge is -2.18. The van der Waals surface area contributed by atoms with E-state index in [2.05, 4.69) is 10.6 Å². The van der Waals surface area contributed by atoms with Crippen LogP contribution in [0.5, 0.6) is 0 Å². The van der Waals surface area contributed by atoms with Gasteiger partial charge in [0.2, 0.25) is 5.91 Å². The van der Waals surface area contributed by atoms with Crippen LogP contribution in [0.4, 0.5) is 4.79 Å². The summed E-state index contributed by atoms with van der Waals surface area (Å²) in [7, 11) is 0. The van der Waals surface area contributed by atoms with Crippen LogP contribution in [0.25, 0.3) is 0 Å². The zero-order valence-electron chi connectivity index (χ0n) is 14.4. The average Bonchev–Trinajstić information content (AvgIpc) is 2.64. The number of rotatable bonds is 8. The molecule has 2 rings (SSSR count). The summed E-state index contributed by atoms with van der Waals surface area (Å²) in [5, 5.41) is 5.60.